The van der Waals surface area contributed by atoms with Gasteiger partial charge in [-0.25, -0.2) is 4.68 Å². The summed E-state index contributed by atoms with van der Waals surface area (Å²) in [6.07, 6.45) is 0.748. The maximum absolute atomic E-state index is 11.4. The van der Waals surface area contributed by atoms with E-state index >= 15 is 0 Å². The van der Waals surface area contributed by atoms with Crippen LogP contribution >= 0.6 is 0 Å². The van der Waals surface area contributed by atoms with Crippen LogP contribution in [0.3, 0.4) is 0 Å². The zero-order valence-electron chi connectivity index (χ0n) is 12.2. The van der Waals surface area contributed by atoms with Gasteiger partial charge in [0.05, 0.1) is 12.7 Å². The summed E-state index contributed by atoms with van der Waals surface area (Å²) in [5, 5.41) is 4.48. The first kappa shape index (κ1) is 14.1. The number of nitrogen functional groups attached to an aromatic ring is 1. The molecule has 5 heteroatoms. The summed E-state index contributed by atoms with van der Waals surface area (Å²) in [6.45, 7) is 5.91. The van der Waals surface area contributed by atoms with E-state index in [4.69, 9.17) is 10.5 Å². The van der Waals surface area contributed by atoms with Gasteiger partial charge in [0.1, 0.15) is 17.3 Å². The van der Waals surface area contributed by atoms with Crippen LogP contribution in [-0.2, 0) is 0 Å². The van der Waals surface area contributed by atoms with E-state index < -0.39 is 0 Å². The summed E-state index contributed by atoms with van der Waals surface area (Å²) in [7, 11) is 1.59. The molecule has 0 bridgehead atoms. The lowest BCUT2D eigenvalue weighted by Crippen LogP contribution is -2.07. The molecule has 0 saturated carbocycles. The van der Waals surface area contributed by atoms with Gasteiger partial charge in [-0.2, -0.15) is 5.10 Å². The van der Waals surface area contributed by atoms with Crippen molar-refractivity contribution in [2.45, 2.75) is 26.8 Å². The number of rotatable bonds is 4. The quantitative estimate of drug-likeness (QED) is 0.870. The van der Waals surface area contributed by atoms with E-state index in [2.05, 4.69) is 5.10 Å². The fraction of sp³-hybridized carbons (Fsp3) is 0.333. The molecule has 0 aliphatic rings. The van der Waals surface area contributed by atoms with Crippen LogP contribution in [0.5, 0.6) is 5.75 Å². The van der Waals surface area contributed by atoms with Crippen LogP contribution in [0, 0.1) is 6.92 Å². The zero-order chi connectivity index (χ0) is 14.9. The average molecular weight is 273 g/mol. The molecule has 0 unspecified atom stereocenters. The molecular weight excluding hydrogens is 254 g/mol. The number of nitrogens with zero attached hydrogens (tertiary/aromatic N) is 2. The van der Waals surface area contributed by atoms with Crippen LogP contribution in [-0.4, -0.2) is 23.2 Å². The Bertz CT molecular complexity index is 645. The van der Waals surface area contributed by atoms with Gasteiger partial charge in [0.2, 0.25) is 0 Å². The zero-order valence-corrected chi connectivity index (χ0v) is 12.2. The molecular formula is C15H19N3O2. The second kappa shape index (κ2) is 5.36. The van der Waals surface area contributed by atoms with Crippen molar-refractivity contribution in [3.05, 3.63) is 29.3 Å². The molecule has 0 amide bonds. The van der Waals surface area contributed by atoms with E-state index in [0.717, 1.165) is 17.4 Å². The number of aromatic nitrogens is 2. The van der Waals surface area contributed by atoms with Crippen molar-refractivity contribution >= 4 is 12.1 Å². The third-order valence-electron chi connectivity index (χ3n) is 3.20. The van der Waals surface area contributed by atoms with Gasteiger partial charge in [-0.15, -0.1) is 0 Å². The topological polar surface area (TPSA) is 70.1 Å². The third-order valence-corrected chi connectivity index (χ3v) is 3.20. The number of carbonyl (C=O) groups excluding carboxylic acids is 1. The number of ether oxygens (including phenoxy) is 1. The first-order valence-electron chi connectivity index (χ1n) is 6.47. The van der Waals surface area contributed by atoms with Gasteiger partial charge < -0.3 is 10.5 Å². The SMILES string of the molecule is COc1ccc(C)cc1-c1nn(C(C)C)c(N)c1C=O. The number of aldehydes is 1. The molecule has 0 atom stereocenters. The number of hydrogen-bond acceptors (Lipinski definition) is 4. The predicted octanol–water partition coefficient (Wildman–Crippen LogP) is 2.84. The summed E-state index contributed by atoms with van der Waals surface area (Å²) < 4.78 is 7.01. The highest BCUT2D eigenvalue weighted by atomic mass is 16.5. The molecule has 0 aliphatic carbocycles. The Morgan fingerprint density at radius 1 is 1.40 bits per heavy atom. The van der Waals surface area contributed by atoms with E-state index in [1.54, 1.807) is 11.8 Å². The first-order valence-corrected chi connectivity index (χ1v) is 6.47. The number of anilines is 1. The van der Waals surface area contributed by atoms with Crippen molar-refractivity contribution in [3.8, 4) is 17.0 Å². The van der Waals surface area contributed by atoms with Crippen molar-refractivity contribution < 1.29 is 9.53 Å². The second-order valence-electron chi connectivity index (χ2n) is 5.01. The Hall–Kier alpha value is -2.30. The molecule has 1 heterocycles. The standard InChI is InChI=1S/C15H19N3O2/c1-9(2)18-15(16)12(8-19)14(17-18)11-7-10(3)5-6-13(11)20-4/h5-9H,16H2,1-4H3. The number of nitrogens with two attached hydrogens (primary N) is 1. The first-order chi connectivity index (χ1) is 9.49. The Kier molecular flexibility index (Phi) is 3.79. The summed E-state index contributed by atoms with van der Waals surface area (Å²) in [4.78, 5) is 11.4. The highest BCUT2D eigenvalue weighted by molar-refractivity contribution is 5.93. The van der Waals surface area contributed by atoms with Crippen LogP contribution < -0.4 is 10.5 Å². The van der Waals surface area contributed by atoms with Crippen molar-refractivity contribution in [2.75, 3.05) is 12.8 Å². The molecule has 0 saturated heterocycles. The predicted molar refractivity (Wildman–Crippen MR) is 79.1 cm³/mol. The summed E-state index contributed by atoms with van der Waals surface area (Å²) in [5.74, 6) is 1.06. The molecule has 1 aromatic heterocycles. The van der Waals surface area contributed by atoms with Crippen LogP contribution in [0.4, 0.5) is 5.82 Å². The minimum atomic E-state index is 0.0817. The highest BCUT2D eigenvalue weighted by Gasteiger charge is 2.20. The van der Waals surface area contributed by atoms with E-state index in [1.165, 1.54) is 0 Å². The lowest BCUT2D eigenvalue weighted by molar-refractivity contribution is 0.112. The fourth-order valence-corrected chi connectivity index (χ4v) is 2.18. The van der Waals surface area contributed by atoms with Gasteiger partial charge in [0.25, 0.3) is 0 Å². The molecule has 2 rings (SSSR count). The summed E-state index contributed by atoms with van der Waals surface area (Å²) in [6, 6.07) is 5.84. The van der Waals surface area contributed by atoms with E-state index in [9.17, 15) is 4.79 Å². The largest absolute Gasteiger partial charge is 0.496 e. The minimum absolute atomic E-state index is 0.0817. The van der Waals surface area contributed by atoms with Crippen LogP contribution in [0.1, 0.15) is 35.8 Å². The highest BCUT2D eigenvalue weighted by Crippen LogP contribution is 2.34. The van der Waals surface area contributed by atoms with Crippen molar-refractivity contribution in [1.29, 1.82) is 0 Å². The summed E-state index contributed by atoms with van der Waals surface area (Å²) in [5.41, 5.74) is 8.82. The molecule has 20 heavy (non-hydrogen) atoms. The van der Waals surface area contributed by atoms with Crippen molar-refractivity contribution in [1.82, 2.24) is 9.78 Å². The Labute approximate surface area is 118 Å². The number of carbonyl (C=O) groups is 1. The monoisotopic (exact) mass is 273 g/mol. The van der Waals surface area contributed by atoms with Gasteiger partial charge in [0.15, 0.2) is 6.29 Å². The number of benzene rings is 1. The summed E-state index contributed by atoms with van der Waals surface area (Å²) >= 11 is 0. The number of aryl methyl sites for hydroxylation is 1. The second-order valence-corrected chi connectivity index (χ2v) is 5.01. The maximum Gasteiger partial charge on any atom is 0.156 e. The Morgan fingerprint density at radius 3 is 2.65 bits per heavy atom. The molecule has 2 aromatic rings. The van der Waals surface area contributed by atoms with Gasteiger partial charge in [-0.3, -0.25) is 4.79 Å². The molecule has 0 fully saturated rings. The van der Waals surface area contributed by atoms with Gasteiger partial charge >= 0.3 is 0 Å². The molecule has 106 valence electrons. The Balaban J connectivity index is 2.72. The maximum atomic E-state index is 11.4. The Morgan fingerprint density at radius 2 is 2.10 bits per heavy atom. The van der Waals surface area contributed by atoms with E-state index in [0.29, 0.717) is 22.8 Å². The van der Waals surface area contributed by atoms with E-state index in [-0.39, 0.29) is 6.04 Å². The molecule has 0 spiro atoms. The normalized spacial score (nSPS) is 10.8. The lowest BCUT2D eigenvalue weighted by atomic mass is 10.0. The van der Waals surface area contributed by atoms with Crippen LogP contribution in [0.15, 0.2) is 18.2 Å². The molecule has 0 aliphatic heterocycles. The molecule has 1 aromatic carbocycles. The third kappa shape index (κ3) is 2.27. The van der Waals surface area contributed by atoms with Crippen molar-refractivity contribution in [3.63, 3.8) is 0 Å². The molecule has 5 nitrogen and oxygen atoms in total. The van der Waals surface area contributed by atoms with E-state index in [1.807, 2.05) is 39.0 Å². The minimum Gasteiger partial charge on any atom is -0.496 e. The average Bonchev–Trinajstić information content (AvgIpc) is 2.75. The van der Waals surface area contributed by atoms with Crippen molar-refractivity contribution in [2.24, 2.45) is 0 Å². The van der Waals surface area contributed by atoms with Crippen LogP contribution in [0.25, 0.3) is 11.3 Å². The van der Waals surface area contributed by atoms with Gasteiger partial charge in [-0.1, -0.05) is 11.6 Å². The smallest absolute Gasteiger partial charge is 0.156 e. The lowest BCUT2D eigenvalue weighted by Gasteiger charge is -2.08. The number of methoxy groups -OCH3 is 1. The fourth-order valence-electron chi connectivity index (χ4n) is 2.18. The molecule has 0 radical (unpaired) electrons. The number of hydrogen-bond donors (Lipinski definition) is 1. The van der Waals surface area contributed by atoms with Gasteiger partial charge in [-0.05, 0) is 32.9 Å². The van der Waals surface area contributed by atoms with Crippen LogP contribution in [0.2, 0.25) is 0 Å². The van der Waals surface area contributed by atoms with Gasteiger partial charge in [0, 0.05) is 11.6 Å². The molecule has 2 N–H and O–H groups in total.